The van der Waals surface area contributed by atoms with Gasteiger partial charge in [0.15, 0.2) is 0 Å². The minimum atomic E-state index is -0.462. The van der Waals surface area contributed by atoms with E-state index in [1.54, 1.807) is 12.0 Å². The number of ether oxygens (including phenoxy) is 2. The lowest BCUT2D eigenvalue weighted by molar-refractivity contribution is -0.134. The topological polar surface area (TPSA) is 71.1 Å². The summed E-state index contributed by atoms with van der Waals surface area (Å²) >= 11 is 0. The van der Waals surface area contributed by atoms with Crippen molar-refractivity contribution < 1.29 is 19.1 Å². The number of hydrogen-bond donors (Lipinski definition) is 1. The molecule has 0 aromatic heterocycles. The number of benzene rings is 2. The molecule has 4 rings (SSSR count). The highest BCUT2D eigenvalue weighted by Crippen LogP contribution is 2.34. The summed E-state index contributed by atoms with van der Waals surface area (Å²) in [5, 5.41) is 2.87. The van der Waals surface area contributed by atoms with Crippen LogP contribution in [0.25, 0.3) is 0 Å². The Balaban J connectivity index is 1.56. The molecule has 0 unspecified atom stereocenters. The Morgan fingerprint density at radius 1 is 1.19 bits per heavy atom. The Kier molecular flexibility index (Phi) is 6.53. The molecule has 0 bridgehead atoms. The molecule has 7 heteroatoms. The van der Waals surface area contributed by atoms with E-state index in [1.807, 2.05) is 43.4 Å². The van der Waals surface area contributed by atoms with Crippen LogP contribution in [-0.2, 0) is 14.3 Å². The van der Waals surface area contributed by atoms with Gasteiger partial charge in [0.25, 0.3) is 0 Å². The van der Waals surface area contributed by atoms with Crippen LogP contribution in [0.2, 0.25) is 0 Å². The lowest BCUT2D eigenvalue weighted by Gasteiger charge is -2.38. The number of nitrogens with one attached hydrogen (secondary N) is 1. The van der Waals surface area contributed by atoms with Crippen molar-refractivity contribution in [2.75, 3.05) is 52.3 Å². The highest BCUT2D eigenvalue weighted by atomic mass is 16.5. The summed E-state index contributed by atoms with van der Waals surface area (Å²) in [5.41, 5.74) is 2.74. The number of amides is 2. The number of carbonyl (C=O) groups is 2. The Bertz CT molecular complexity index is 925. The van der Waals surface area contributed by atoms with Gasteiger partial charge >= 0.3 is 0 Å². The molecular weight excluding hydrogens is 394 g/mol. The van der Waals surface area contributed by atoms with Crippen LogP contribution < -0.4 is 10.1 Å². The number of hydrogen-bond acceptors (Lipinski definition) is 5. The lowest BCUT2D eigenvalue weighted by atomic mass is 9.89. The molecule has 1 saturated heterocycles. The van der Waals surface area contributed by atoms with Gasteiger partial charge in [-0.1, -0.05) is 30.3 Å². The molecule has 2 aromatic rings. The number of para-hydroxylation sites is 1. The van der Waals surface area contributed by atoms with E-state index in [0.717, 1.165) is 35.7 Å². The number of carbonyl (C=O) groups excluding carboxylic acids is 2. The van der Waals surface area contributed by atoms with Crippen LogP contribution in [0.4, 0.5) is 5.69 Å². The number of morpholine rings is 1. The molecule has 2 aromatic carbocycles. The van der Waals surface area contributed by atoms with Gasteiger partial charge in [-0.05, 0) is 29.3 Å². The maximum atomic E-state index is 13.4. The van der Waals surface area contributed by atoms with E-state index in [0.29, 0.717) is 19.8 Å². The van der Waals surface area contributed by atoms with Gasteiger partial charge in [0.2, 0.25) is 11.8 Å². The van der Waals surface area contributed by atoms with E-state index in [4.69, 9.17) is 9.47 Å². The second kappa shape index (κ2) is 9.49. The van der Waals surface area contributed by atoms with Gasteiger partial charge in [-0.2, -0.15) is 0 Å². The number of methoxy groups -OCH3 is 1. The average Bonchev–Trinajstić information content (AvgIpc) is 2.82. The lowest BCUT2D eigenvalue weighted by Crippen LogP contribution is -2.45. The molecule has 0 radical (unpaired) electrons. The van der Waals surface area contributed by atoms with E-state index >= 15 is 0 Å². The summed E-state index contributed by atoms with van der Waals surface area (Å²) in [6.07, 6.45) is 0.172. The summed E-state index contributed by atoms with van der Waals surface area (Å²) in [4.78, 5) is 29.8. The fraction of sp³-hybridized carbons (Fsp3) is 0.417. The normalized spacial score (nSPS) is 19.8. The highest BCUT2D eigenvalue weighted by molar-refractivity contribution is 6.01. The molecule has 1 fully saturated rings. The van der Waals surface area contributed by atoms with Crippen molar-refractivity contribution in [1.29, 1.82) is 0 Å². The molecule has 2 amide bonds. The molecule has 0 saturated carbocycles. The predicted molar refractivity (Wildman–Crippen MR) is 118 cm³/mol. The summed E-state index contributed by atoms with van der Waals surface area (Å²) in [6, 6.07) is 15.6. The van der Waals surface area contributed by atoms with Crippen LogP contribution in [-0.4, -0.2) is 68.6 Å². The van der Waals surface area contributed by atoms with Gasteiger partial charge in [0.1, 0.15) is 5.75 Å². The van der Waals surface area contributed by atoms with Crippen LogP contribution in [0.3, 0.4) is 0 Å². The first-order valence-corrected chi connectivity index (χ1v) is 10.7. The summed E-state index contributed by atoms with van der Waals surface area (Å²) in [5.74, 6) is 0.189. The molecule has 0 spiro atoms. The van der Waals surface area contributed by atoms with Crippen molar-refractivity contribution in [2.24, 2.45) is 0 Å². The van der Waals surface area contributed by atoms with Crippen LogP contribution in [0.1, 0.15) is 29.5 Å². The van der Waals surface area contributed by atoms with Crippen molar-refractivity contribution in [1.82, 2.24) is 9.80 Å². The first-order valence-electron chi connectivity index (χ1n) is 10.7. The third kappa shape index (κ3) is 4.73. The van der Waals surface area contributed by atoms with Gasteiger partial charge in [0.05, 0.1) is 32.3 Å². The number of rotatable bonds is 6. The zero-order valence-corrected chi connectivity index (χ0v) is 18.0. The van der Waals surface area contributed by atoms with Gasteiger partial charge in [0, 0.05) is 38.8 Å². The second-order valence-electron chi connectivity index (χ2n) is 8.05. The Morgan fingerprint density at radius 3 is 2.61 bits per heavy atom. The van der Waals surface area contributed by atoms with Gasteiger partial charge in [-0.3, -0.25) is 14.5 Å². The van der Waals surface area contributed by atoms with Crippen LogP contribution in [0.15, 0.2) is 48.5 Å². The maximum absolute atomic E-state index is 13.4. The van der Waals surface area contributed by atoms with Crippen molar-refractivity contribution in [3.8, 4) is 5.75 Å². The molecule has 31 heavy (non-hydrogen) atoms. The number of nitrogens with zero attached hydrogens (tertiary/aromatic N) is 2. The molecule has 2 aliphatic heterocycles. The molecule has 1 N–H and O–H groups in total. The van der Waals surface area contributed by atoms with Crippen molar-refractivity contribution >= 4 is 17.5 Å². The maximum Gasteiger partial charge on any atom is 0.230 e. The largest absolute Gasteiger partial charge is 0.497 e. The minimum Gasteiger partial charge on any atom is -0.497 e. The number of anilines is 1. The van der Waals surface area contributed by atoms with Crippen molar-refractivity contribution in [3.05, 3.63) is 59.7 Å². The number of likely N-dealkylation sites (N-methyl/N-ethyl adjacent to an activating group) is 1. The van der Waals surface area contributed by atoms with E-state index < -0.39 is 5.92 Å². The Morgan fingerprint density at radius 2 is 1.90 bits per heavy atom. The SMILES string of the molecule is COc1ccc([C@@H](CN(C)C(=O)[C@@H]2CC(=O)Nc3ccccc32)N2CCOCC2)cc1. The molecule has 2 atom stereocenters. The standard InChI is InChI=1S/C24H29N3O4/c1-26(24(29)20-15-23(28)25-21-6-4-3-5-19(20)21)16-22(27-11-13-31-14-12-27)17-7-9-18(30-2)10-8-17/h3-10,20,22H,11-16H2,1-2H3,(H,25,28)/t20-,22-/m1/s1. The highest BCUT2D eigenvalue weighted by Gasteiger charge is 2.34. The third-order valence-electron chi connectivity index (χ3n) is 6.11. The third-order valence-corrected chi connectivity index (χ3v) is 6.11. The van der Waals surface area contributed by atoms with Gasteiger partial charge in [-0.15, -0.1) is 0 Å². The second-order valence-corrected chi connectivity index (χ2v) is 8.05. The first kappa shape index (κ1) is 21.3. The Hall–Kier alpha value is -2.90. The van der Waals surface area contributed by atoms with Crippen LogP contribution in [0.5, 0.6) is 5.75 Å². The summed E-state index contributed by atoms with van der Waals surface area (Å²) < 4.78 is 10.8. The quantitative estimate of drug-likeness (QED) is 0.774. The molecular formula is C24H29N3O4. The molecule has 7 nitrogen and oxygen atoms in total. The van der Waals surface area contributed by atoms with Crippen LogP contribution >= 0.6 is 0 Å². The van der Waals surface area contributed by atoms with E-state index in [1.165, 1.54) is 0 Å². The minimum absolute atomic E-state index is 0.0333. The van der Waals surface area contributed by atoms with E-state index in [-0.39, 0.29) is 24.3 Å². The fourth-order valence-electron chi connectivity index (χ4n) is 4.39. The number of fused-ring (bicyclic) bond motifs is 1. The van der Waals surface area contributed by atoms with Crippen LogP contribution in [0, 0.1) is 0 Å². The molecule has 2 heterocycles. The molecule has 0 aliphatic carbocycles. The first-order chi connectivity index (χ1) is 15.1. The van der Waals surface area contributed by atoms with Crippen molar-refractivity contribution in [2.45, 2.75) is 18.4 Å². The van der Waals surface area contributed by atoms with Gasteiger partial charge in [-0.25, -0.2) is 0 Å². The fourth-order valence-corrected chi connectivity index (χ4v) is 4.39. The summed E-state index contributed by atoms with van der Waals surface area (Å²) in [6.45, 7) is 3.52. The Labute approximate surface area is 182 Å². The molecule has 164 valence electrons. The predicted octanol–water partition coefficient (Wildman–Crippen LogP) is 2.65. The zero-order chi connectivity index (χ0) is 21.8. The van der Waals surface area contributed by atoms with E-state index in [9.17, 15) is 9.59 Å². The zero-order valence-electron chi connectivity index (χ0n) is 18.0. The van der Waals surface area contributed by atoms with E-state index in [2.05, 4.69) is 22.3 Å². The summed E-state index contributed by atoms with van der Waals surface area (Å²) in [7, 11) is 3.48. The van der Waals surface area contributed by atoms with Gasteiger partial charge < -0.3 is 19.7 Å². The molecule has 2 aliphatic rings. The monoisotopic (exact) mass is 423 g/mol. The van der Waals surface area contributed by atoms with Crippen molar-refractivity contribution in [3.63, 3.8) is 0 Å². The average molecular weight is 424 g/mol. The smallest absolute Gasteiger partial charge is 0.230 e.